The van der Waals surface area contributed by atoms with Gasteiger partial charge < -0.3 is 0 Å². The Hall–Kier alpha value is -0.560. The van der Waals surface area contributed by atoms with Gasteiger partial charge in [0.2, 0.25) is 5.67 Å². The molecule has 96 valence electrons. The van der Waals surface area contributed by atoms with Gasteiger partial charge in [0.25, 0.3) is 0 Å². The first kappa shape index (κ1) is 13.5. The van der Waals surface area contributed by atoms with Crippen LogP contribution in [0.2, 0.25) is 0 Å². The Kier molecular flexibility index (Phi) is 2.54. The zero-order valence-electron chi connectivity index (χ0n) is 8.18. The molecule has 0 aromatic carbocycles. The van der Waals surface area contributed by atoms with E-state index in [9.17, 15) is 35.1 Å². The molecule has 8 heteroatoms. The van der Waals surface area contributed by atoms with Crippen LogP contribution in [0, 0.1) is 11.3 Å². The molecule has 0 heterocycles. The van der Waals surface area contributed by atoms with E-state index >= 15 is 0 Å². The lowest BCUT2D eigenvalue weighted by Gasteiger charge is -2.59. The summed E-state index contributed by atoms with van der Waals surface area (Å²) in [5, 5.41) is 0. The van der Waals surface area contributed by atoms with Crippen molar-refractivity contribution < 1.29 is 35.1 Å². The van der Waals surface area contributed by atoms with E-state index < -0.39 is 35.5 Å². The van der Waals surface area contributed by atoms with Crippen LogP contribution in [0.25, 0.3) is 0 Å². The van der Waals surface area contributed by atoms with Crippen molar-refractivity contribution in [3.8, 4) is 0 Å². The van der Waals surface area contributed by atoms with Gasteiger partial charge in [0, 0.05) is 5.92 Å². The van der Waals surface area contributed by atoms with Crippen molar-refractivity contribution in [2.45, 2.75) is 38.0 Å². The standard InChI is InChI=1S/C8H8F8/c1-3-4(9)5(2,7(11,12)13)6(3,10)8(14,15)16/h3-4H,1-2H3. The second-order valence-electron chi connectivity index (χ2n) is 4.10. The third kappa shape index (κ3) is 1.15. The fraction of sp³-hybridized carbons (Fsp3) is 1.00. The maximum absolute atomic E-state index is 13.5. The Labute approximate surface area is 85.6 Å². The van der Waals surface area contributed by atoms with E-state index in [-0.39, 0.29) is 6.92 Å². The highest BCUT2D eigenvalue weighted by Gasteiger charge is 2.88. The fourth-order valence-electron chi connectivity index (χ4n) is 2.19. The summed E-state index contributed by atoms with van der Waals surface area (Å²) in [5.41, 5.74) is -8.60. The Morgan fingerprint density at radius 3 is 1.50 bits per heavy atom. The molecule has 0 nitrogen and oxygen atoms in total. The van der Waals surface area contributed by atoms with E-state index in [1.54, 1.807) is 0 Å². The highest BCUT2D eigenvalue weighted by molar-refractivity contribution is 5.22. The normalized spacial score (nSPS) is 45.4. The molecule has 1 rings (SSSR count). The number of alkyl halides is 8. The maximum Gasteiger partial charge on any atom is 0.423 e. The van der Waals surface area contributed by atoms with Crippen LogP contribution in [0.3, 0.4) is 0 Å². The average Bonchev–Trinajstić information content (AvgIpc) is 2.09. The van der Waals surface area contributed by atoms with E-state index in [1.807, 2.05) is 0 Å². The van der Waals surface area contributed by atoms with Crippen LogP contribution >= 0.6 is 0 Å². The SMILES string of the molecule is CC1C(F)C(C)(C(F)(F)F)C1(F)C(F)(F)F. The number of halogens is 8. The van der Waals surface area contributed by atoms with E-state index in [0.29, 0.717) is 6.92 Å². The zero-order valence-corrected chi connectivity index (χ0v) is 8.18. The summed E-state index contributed by atoms with van der Waals surface area (Å²) in [6.07, 6.45) is -14.2. The highest BCUT2D eigenvalue weighted by Crippen LogP contribution is 2.69. The van der Waals surface area contributed by atoms with Crippen molar-refractivity contribution in [1.82, 2.24) is 0 Å². The molecule has 0 radical (unpaired) electrons. The molecule has 0 amide bonds. The lowest BCUT2D eigenvalue weighted by molar-refractivity contribution is -0.419. The summed E-state index contributed by atoms with van der Waals surface area (Å²) in [6, 6.07) is 0. The fourth-order valence-corrected chi connectivity index (χ4v) is 2.19. The number of hydrogen-bond donors (Lipinski definition) is 0. The van der Waals surface area contributed by atoms with Crippen molar-refractivity contribution in [3.05, 3.63) is 0 Å². The minimum absolute atomic E-state index is 0.0782. The van der Waals surface area contributed by atoms with E-state index in [0.717, 1.165) is 0 Å². The van der Waals surface area contributed by atoms with Gasteiger partial charge in [-0.1, -0.05) is 6.92 Å². The minimum Gasteiger partial charge on any atom is -0.246 e. The molecule has 0 aromatic rings. The summed E-state index contributed by atoms with van der Waals surface area (Å²) in [7, 11) is 0. The molecular formula is C8H8F8. The van der Waals surface area contributed by atoms with Gasteiger partial charge in [-0.3, -0.25) is 0 Å². The molecule has 0 aromatic heterocycles. The molecule has 0 N–H and O–H groups in total. The van der Waals surface area contributed by atoms with Crippen molar-refractivity contribution in [2.75, 3.05) is 0 Å². The van der Waals surface area contributed by atoms with Crippen molar-refractivity contribution >= 4 is 0 Å². The monoisotopic (exact) mass is 256 g/mol. The van der Waals surface area contributed by atoms with Gasteiger partial charge in [0.05, 0.1) is 0 Å². The first-order valence-electron chi connectivity index (χ1n) is 4.28. The quantitative estimate of drug-likeness (QED) is 0.578. The molecule has 1 fully saturated rings. The second kappa shape index (κ2) is 3.01. The van der Waals surface area contributed by atoms with E-state index in [2.05, 4.69) is 0 Å². The van der Waals surface area contributed by atoms with Crippen molar-refractivity contribution in [3.63, 3.8) is 0 Å². The van der Waals surface area contributed by atoms with Gasteiger partial charge in [-0.05, 0) is 6.92 Å². The summed E-state index contributed by atoms with van der Waals surface area (Å²) < 4.78 is 100. The molecular weight excluding hydrogens is 248 g/mol. The predicted octanol–water partition coefficient (Wildman–Crippen LogP) is 3.81. The summed E-state index contributed by atoms with van der Waals surface area (Å²) in [5.74, 6) is -2.36. The summed E-state index contributed by atoms with van der Waals surface area (Å²) >= 11 is 0. The first-order chi connectivity index (χ1) is 6.82. The third-order valence-electron chi connectivity index (χ3n) is 3.38. The smallest absolute Gasteiger partial charge is 0.246 e. The Bertz CT molecular complexity index is 261. The molecule has 1 aliphatic rings. The number of hydrogen-bond acceptors (Lipinski definition) is 0. The van der Waals surface area contributed by atoms with Crippen LogP contribution in [0.5, 0.6) is 0 Å². The molecule has 0 saturated heterocycles. The van der Waals surface area contributed by atoms with Gasteiger partial charge in [0.15, 0.2) is 0 Å². The molecule has 0 aliphatic heterocycles. The van der Waals surface area contributed by atoms with Crippen molar-refractivity contribution in [2.24, 2.45) is 11.3 Å². The highest BCUT2D eigenvalue weighted by atomic mass is 19.4. The molecule has 1 aliphatic carbocycles. The molecule has 1 saturated carbocycles. The maximum atomic E-state index is 13.5. The Morgan fingerprint density at radius 2 is 1.31 bits per heavy atom. The molecule has 16 heavy (non-hydrogen) atoms. The van der Waals surface area contributed by atoms with Crippen LogP contribution < -0.4 is 0 Å². The van der Waals surface area contributed by atoms with Gasteiger partial charge in [-0.15, -0.1) is 0 Å². The summed E-state index contributed by atoms with van der Waals surface area (Å²) in [4.78, 5) is 0. The Morgan fingerprint density at radius 1 is 0.938 bits per heavy atom. The topological polar surface area (TPSA) is 0 Å². The molecule has 4 unspecified atom stereocenters. The van der Waals surface area contributed by atoms with Gasteiger partial charge in [-0.25, -0.2) is 8.78 Å². The van der Waals surface area contributed by atoms with Gasteiger partial charge >= 0.3 is 12.4 Å². The summed E-state index contributed by atoms with van der Waals surface area (Å²) in [6.45, 7) is 0.400. The zero-order chi connectivity index (χ0) is 13.2. The van der Waals surface area contributed by atoms with Crippen molar-refractivity contribution in [1.29, 1.82) is 0 Å². The van der Waals surface area contributed by atoms with Gasteiger partial charge in [-0.2, -0.15) is 26.3 Å². The minimum atomic E-state index is -5.75. The van der Waals surface area contributed by atoms with Crippen LogP contribution in [-0.2, 0) is 0 Å². The molecule has 0 bridgehead atoms. The number of rotatable bonds is 0. The predicted molar refractivity (Wildman–Crippen MR) is 38.1 cm³/mol. The average molecular weight is 256 g/mol. The Balaban J connectivity index is 3.31. The van der Waals surface area contributed by atoms with Crippen LogP contribution in [0.4, 0.5) is 35.1 Å². The second-order valence-corrected chi connectivity index (χ2v) is 4.10. The molecule has 4 atom stereocenters. The lowest BCUT2D eigenvalue weighted by Crippen LogP contribution is -2.78. The molecule has 0 spiro atoms. The third-order valence-corrected chi connectivity index (χ3v) is 3.38. The van der Waals surface area contributed by atoms with Gasteiger partial charge in [0.1, 0.15) is 11.6 Å². The lowest BCUT2D eigenvalue weighted by atomic mass is 9.50. The largest absolute Gasteiger partial charge is 0.423 e. The van der Waals surface area contributed by atoms with Crippen LogP contribution in [0.15, 0.2) is 0 Å². The van der Waals surface area contributed by atoms with E-state index in [4.69, 9.17) is 0 Å². The van der Waals surface area contributed by atoms with Crippen LogP contribution in [0.1, 0.15) is 13.8 Å². The van der Waals surface area contributed by atoms with Crippen LogP contribution in [-0.4, -0.2) is 24.2 Å². The first-order valence-corrected chi connectivity index (χ1v) is 4.28. The van der Waals surface area contributed by atoms with E-state index in [1.165, 1.54) is 0 Å².